The Bertz CT molecular complexity index is 1970. The molecule has 0 bridgehead atoms. The highest BCUT2D eigenvalue weighted by molar-refractivity contribution is 14.1. The average Bonchev–Trinajstić information content (AvgIpc) is 3.44. The number of amides is 1. The van der Waals surface area contributed by atoms with Gasteiger partial charge in [-0.1, -0.05) is 94.8 Å². The van der Waals surface area contributed by atoms with E-state index in [9.17, 15) is 14.7 Å². The van der Waals surface area contributed by atoms with Gasteiger partial charge in [0.1, 0.15) is 20.5 Å². The number of anilines is 2. The van der Waals surface area contributed by atoms with Crippen LogP contribution >= 0.6 is 22.6 Å². The number of carbonyl (C=O) groups is 2. The predicted octanol–water partition coefficient (Wildman–Crippen LogP) is 6.31. The van der Waals surface area contributed by atoms with Crippen molar-refractivity contribution in [1.29, 1.82) is 0 Å². The van der Waals surface area contributed by atoms with E-state index in [0.717, 1.165) is 12.8 Å². The van der Waals surface area contributed by atoms with Gasteiger partial charge >= 0.3 is 12.1 Å². The number of hydrogen-bond donors (Lipinski definition) is 3. The summed E-state index contributed by atoms with van der Waals surface area (Å²) in [6.07, 6.45) is 3.14. The zero-order chi connectivity index (χ0) is 37.5. The molecule has 3 aromatic heterocycles. The largest absolute Gasteiger partial charge is 0.496 e. The molecular weight excluding hydrogens is 793 g/mol. The number of methoxy groups -OCH3 is 2. The molecule has 52 heavy (non-hydrogen) atoms. The van der Waals surface area contributed by atoms with E-state index in [1.54, 1.807) is 4.68 Å². The van der Waals surface area contributed by atoms with E-state index >= 15 is 0 Å². The Hall–Kier alpha value is -4.61. The first-order chi connectivity index (χ1) is 24.9. The molecule has 0 unspecified atom stereocenters. The second-order valence-electron chi connectivity index (χ2n) is 13.3. The fourth-order valence-electron chi connectivity index (χ4n) is 6.46. The molecule has 0 spiro atoms. The van der Waals surface area contributed by atoms with Crippen LogP contribution in [0.3, 0.4) is 0 Å². The summed E-state index contributed by atoms with van der Waals surface area (Å²) >= 11 is 2.10. The lowest BCUT2D eigenvalue weighted by atomic mass is 10.1. The Morgan fingerprint density at radius 3 is 2.21 bits per heavy atom. The normalized spacial score (nSPS) is 12.4. The van der Waals surface area contributed by atoms with Crippen LogP contribution in [0.5, 0.6) is 5.75 Å². The molecule has 0 fully saturated rings. The number of halogens is 1. The number of aromatic nitrogens is 5. The summed E-state index contributed by atoms with van der Waals surface area (Å²) in [6, 6.07) is 22.4. The molecule has 3 N–H and O–H groups in total. The van der Waals surface area contributed by atoms with Crippen LogP contribution in [0.2, 0.25) is 5.04 Å². The average molecular weight is 838 g/mol. The number of aromatic carboxylic acids is 1. The van der Waals surface area contributed by atoms with Crippen molar-refractivity contribution in [2.24, 2.45) is 0 Å². The number of carbonyl (C=O) groups excluding carboxylic acids is 1. The highest BCUT2D eigenvalue weighted by atomic mass is 127. The van der Waals surface area contributed by atoms with Crippen LogP contribution in [0, 0.1) is 3.70 Å². The molecule has 274 valence electrons. The molecule has 0 aliphatic rings. The zero-order valence-corrected chi connectivity index (χ0v) is 33.3. The summed E-state index contributed by atoms with van der Waals surface area (Å²) in [5.41, 5.74) is 1.59. The number of benzene rings is 2. The van der Waals surface area contributed by atoms with Crippen LogP contribution in [-0.2, 0) is 15.7 Å². The van der Waals surface area contributed by atoms with Gasteiger partial charge in [0.25, 0.3) is 8.32 Å². The Morgan fingerprint density at radius 2 is 1.65 bits per heavy atom. The predicted molar refractivity (Wildman–Crippen MR) is 211 cm³/mol. The molecule has 0 radical (unpaired) electrons. The van der Waals surface area contributed by atoms with Gasteiger partial charge in [0.05, 0.1) is 20.8 Å². The molecule has 15 heteroatoms. The number of fused-ring (bicyclic) bond motifs is 1. The number of ether oxygens (including phenoxy) is 2. The number of hydrogen-bond acceptors (Lipinski definition) is 10. The van der Waals surface area contributed by atoms with Crippen LogP contribution in [0.15, 0.2) is 72.9 Å². The van der Waals surface area contributed by atoms with Crippen molar-refractivity contribution in [2.45, 2.75) is 64.6 Å². The monoisotopic (exact) mass is 837 g/mol. The summed E-state index contributed by atoms with van der Waals surface area (Å²) in [7, 11) is -0.0146. The van der Waals surface area contributed by atoms with Gasteiger partial charge in [0.2, 0.25) is 5.95 Å². The second kappa shape index (κ2) is 16.8. The maximum absolute atomic E-state index is 12.2. The van der Waals surface area contributed by atoms with E-state index in [-0.39, 0.29) is 29.3 Å². The van der Waals surface area contributed by atoms with Crippen molar-refractivity contribution in [3.05, 3.63) is 87.9 Å². The quantitative estimate of drug-likeness (QED) is 0.0801. The Balaban J connectivity index is 1.52. The molecule has 1 amide bonds. The maximum atomic E-state index is 12.2. The van der Waals surface area contributed by atoms with E-state index in [0.29, 0.717) is 44.9 Å². The van der Waals surface area contributed by atoms with Gasteiger partial charge in [-0.05, 0) is 50.8 Å². The van der Waals surface area contributed by atoms with Crippen molar-refractivity contribution < 1.29 is 28.6 Å². The van der Waals surface area contributed by atoms with E-state index < -0.39 is 20.4 Å². The van der Waals surface area contributed by atoms with Crippen LogP contribution in [0.25, 0.3) is 11.0 Å². The number of nitrogens with zero attached hydrogens (tertiary/aromatic N) is 5. The van der Waals surface area contributed by atoms with Crippen molar-refractivity contribution in [1.82, 2.24) is 24.7 Å². The SMILES string of the molecule is CCC[C@@H](CCO[Si](c1ccccc1)(c1ccccc1)C(C)(C)C)Nc1nc(NC(=O)OC)nc2c(I)nn(Cc3cnc(C(=O)O)cc3OC)c12. The molecular formula is C37H44IN7O6Si. The minimum atomic E-state index is -2.76. The molecule has 13 nitrogen and oxygen atoms in total. The second-order valence-corrected chi connectivity index (χ2v) is 18.6. The highest BCUT2D eigenvalue weighted by Gasteiger charge is 2.50. The molecule has 3 heterocycles. The molecule has 5 rings (SSSR count). The zero-order valence-electron chi connectivity index (χ0n) is 30.1. The minimum Gasteiger partial charge on any atom is -0.496 e. The third-order valence-corrected chi connectivity index (χ3v) is 14.6. The van der Waals surface area contributed by atoms with Crippen LogP contribution < -0.4 is 25.7 Å². The summed E-state index contributed by atoms with van der Waals surface area (Å²) < 4.78 is 19.9. The Labute approximate surface area is 317 Å². The molecule has 0 saturated heterocycles. The molecule has 0 aliphatic carbocycles. The first kappa shape index (κ1) is 38.6. The summed E-state index contributed by atoms with van der Waals surface area (Å²) in [5, 5.41) is 22.7. The Kier molecular flexibility index (Phi) is 12.5. The van der Waals surface area contributed by atoms with Gasteiger partial charge in [-0.25, -0.2) is 19.6 Å². The first-order valence-electron chi connectivity index (χ1n) is 17.0. The topological polar surface area (TPSA) is 163 Å². The lowest BCUT2D eigenvalue weighted by Gasteiger charge is -2.43. The lowest BCUT2D eigenvalue weighted by Crippen LogP contribution is -2.66. The van der Waals surface area contributed by atoms with Gasteiger partial charge in [-0.3, -0.25) is 10.00 Å². The van der Waals surface area contributed by atoms with E-state index in [1.807, 2.05) is 12.1 Å². The van der Waals surface area contributed by atoms with Gasteiger partial charge in [-0.2, -0.15) is 10.1 Å². The molecule has 5 aromatic rings. The number of carboxylic acids is 1. The highest BCUT2D eigenvalue weighted by Crippen LogP contribution is 2.37. The van der Waals surface area contributed by atoms with Crippen molar-refractivity contribution >= 4 is 76.1 Å². The van der Waals surface area contributed by atoms with Crippen LogP contribution in [0.4, 0.5) is 16.6 Å². The number of carboxylic acid groups (broad SMARTS) is 1. The first-order valence-corrected chi connectivity index (χ1v) is 20.0. The molecule has 0 aliphatic heterocycles. The molecule has 0 saturated carbocycles. The fourth-order valence-corrected chi connectivity index (χ4v) is 11.7. The third kappa shape index (κ3) is 8.37. The molecule has 2 aromatic carbocycles. The van der Waals surface area contributed by atoms with Crippen molar-refractivity contribution in [3.8, 4) is 5.75 Å². The minimum absolute atomic E-state index is 0.0585. The smallest absolute Gasteiger partial charge is 0.413 e. The fraction of sp³-hybridized carbons (Fsp3) is 0.351. The third-order valence-electron chi connectivity index (χ3n) is 8.83. The van der Waals surface area contributed by atoms with Crippen molar-refractivity contribution in [2.75, 3.05) is 31.5 Å². The summed E-state index contributed by atoms with van der Waals surface area (Å²) in [6.45, 7) is 9.59. The van der Waals surface area contributed by atoms with E-state index in [2.05, 4.69) is 119 Å². The standard InChI is InChI=1S/C37H44IN7O6Si/c1-7-14-25(19-20-51-52(37(2,3)4,26-15-10-8-11-16-26)27-17-12-9-13-18-27)40-33-31-30(41-35(42-33)43-36(48)50-6)32(38)44-45(31)23-24-22-39-28(34(46)47)21-29(24)49-5/h8-13,15-18,21-22,25H,7,14,19-20,23H2,1-6H3,(H,46,47)(H2,40,41,42,43,48)/t25-/m0/s1. The van der Waals surface area contributed by atoms with Gasteiger partial charge in [0, 0.05) is 30.5 Å². The number of nitrogens with one attached hydrogen (secondary N) is 2. The van der Waals surface area contributed by atoms with E-state index in [4.69, 9.17) is 24.0 Å². The van der Waals surface area contributed by atoms with Gasteiger partial charge in [0.15, 0.2) is 11.5 Å². The summed E-state index contributed by atoms with van der Waals surface area (Å²) in [5.74, 6) is -0.280. The van der Waals surface area contributed by atoms with Gasteiger partial charge < -0.3 is 24.3 Å². The van der Waals surface area contributed by atoms with Gasteiger partial charge in [-0.15, -0.1) is 0 Å². The maximum Gasteiger partial charge on any atom is 0.413 e. The Morgan fingerprint density at radius 1 is 1.00 bits per heavy atom. The number of pyridine rings is 1. The molecule has 1 atom stereocenters. The van der Waals surface area contributed by atoms with Crippen LogP contribution in [-0.4, -0.2) is 77.1 Å². The van der Waals surface area contributed by atoms with Crippen LogP contribution in [0.1, 0.15) is 63.0 Å². The van der Waals surface area contributed by atoms with Crippen molar-refractivity contribution in [3.63, 3.8) is 0 Å². The van der Waals surface area contributed by atoms with E-state index in [1.165, 1.54) is 36.9 Å². The lowest BCUT2D eigenvalue weighted by molar-refractivity contribution is 0.0690. The summed E-state index contributed by atoms with van der Waals surface area (Å²) in [4.78, 5) is 37.3. The number of rotatable bonds is 15.